The van der Waals surface area contributed by atoms with E-state index in [1.807, 2.05) is 37.3 Å². The van der Waals surface area contributed by atoms with E-state index in [0.29, 0.717) is 0 Å². The van der Waals surface area contributed by atoms with Crippen molar-refractivity contribution in [2.45, 2.75) is 31.9 Å². The fourth-order valence-corrected chi connectivity index (χ4v) is 2.88. The number of aromatic nitrogens is 1. The summed E-state index contributed by atoms with van der Waals surface area (Å²) in [6, 6.07) is 9.85. The third-order valence-corrected chi connectivity index (χ3v) is 4.33. The Kier molecular flexibility index (Phi) is 5.41. The van der Waals surface area contributed by atoms with E-state index in [2.05, 4.69) is 17.2 Å². The lowest BCUT2D eigenvalue weighted by Crippen LogP contribution is -2.22. The smallest absolute Gasteiger partial charge is 0.237 e. The van der Waals surface area contributed by atoms with Gasteiger partial charge in [-0.05, 0) is 31.2 Å². The van der Waals surface area contributed by atoms with Gasteiger partial charge < -0.3 is 5.32 Å². The number of carbonyl (C=O) groups is 1. The van der Waals surface area contributed by atoms with Crippen LogP contribution in [-0.4, -0.2) is 21.9 Å². The number of benzene rings is 1. The van der Waals surface area contributed by atoms with Crippen LogP contribution in [0.2, 0.25) is 0 Å². The third-order valence-electron chi connectivity index (χ3n) is 3.09. The Labute approximate surface area is 124 Å². The zero-order chi connectivity index (χ0) is 14.4. The van der Waals surface area contributed by atoms with Crippen LogP contribution in [0.15, 0.2) is 36.5 Å². The van der Waals surface area contributed by atoms with Crippen LogP contribution in [0.25, 0.3) is 10.9 Å². The molecule has 1 unspecified atom stereocenters. The summed E-state index contributed by atoms with van der Waals surface area (Å²) in [5, 5.41) is 3.94. The van der Waals surface area contributed by atoms with E-state index in [9.17, 15) is 4.79 Å². The highest BCUT2D eigenvalue weighted by atomic mass is 32.2. The first kappa shape index (κ1) is 14.9. The van der Waals surface area contributed by atoms with Gasteiger partial charge in [0.1, 0.15) is 0 Å². The Morgan fingerprint density at radius 1 is 1.40 bits per heavy atom. The molecule has 0 fully saturated rings. The van der Waals surface area contributed by atoms with Crippen molar-refractivity contribution in [3.8, 4) is 0 Å². The van der Waals surface area contributed by atoms with Crippen LogP contribution < -0.4 is 5.32 Å². The molecule has 1 aromatic carbocycles. The molecule has 106 valence electrons. The molecule has 0 radical (unpaired) electrons. The first-order chi connectivity index (χ1) is 9.70. The highest BCUT2D eigenvalue weighted by Gasteiger charge is 2.13. The van der Waals surface area contributed by atoms with Crippen LogP contribution in [0.3, 0.4) is 0 Å². The number of anilines is 1. The van der Waals surface area contributed by atoms with Crippen molar-refractivity contribution in [2.75, 3.05) is 11.1 Å². The molecule has 1 heterocycles. The minimum Gasteiger partial charge on any atom is -0.324 e. The van der Waals surface area contributed by atoms with Crippen molar-refractivity contribution in [3.63, 3.8) is 0 Å². The van der Waals surface area contributed by atoms with E-state index < -0.39 is 0 Å². The van der Waals surface area contributed by atoms with Gasteiger partial charge in [-0.25, -0.2) is 0 Å². The summed E-state index contributed by atoms with van der Waals surface area (Å²) in [6.45, 7) is 4.11. The highest BCUT2D eigenvalue weighted by molar-refractivity contribution is 8.00. The van der Waals surface area contributed by atoms with Crippen molar-refractivity contribution in [3.05, 3.63) is 36.5 Å². The van der Waals surface area contributed by atoms with Crippen molar-refractivity contribution in [2.24, 2.45) is 0 Å². The number of amides is 1. The predicted molar refractivity (Wildman–Crippen MR) is 87.2 cm³/mol. The molecule has 0 spiro atoms. The van der Waals surface area contributed by atoms with Gasteiger partial charge in [-0.2, -0.15) is 0 Å². The topological polar surface area (TPSA) is 42.0 Å². The normalized spacial score (nSPS) is 12.3. The quantitative estimate of drug-likeness (QED) is 0.814. The molecule has 2 rings (SSSR count). The van der Waals surface area contributed by atoms with Gasteiger partial charge >= 0.3 is 0 Å². The molecule has 20 heavy (non-hydrogen) atoms. The minimum absolute atomic E-state index is 0.0342. The summed E-state index contributed by atoms with van der Waals surface area (Å²) in [5.41, 5.74) is 1.70. The number of rotatable bonds is 6. The van der Waals surface area contributed by atoms with Gasteiger partial charge in [0, 0.05) is 5.39 Å². The Morgan fingerprint density at radius 3 is 3.00 bits per heavy atom. The number of hydrogen-bond acceptors (Lipinski definition) is 3. The number of fused-ring (bicyclic) bond motifs is 1. The minimum atomic E-state index is -0.0342. The molecule has 0 aliphatic carbocycles. The Hall–Kier alpha value is -1.55. The molecular weight excluding hydrogens is 268 g/mol. The second-order valence-electron chi connectivity index (χ2n) is 4.77. The first-order valence-corrected chi connectivity index (χ1v) is 8.03. The highest BCUT2D eigenvalue weighted by Crippen LogP contribution is 2.18. The van der Waals surface area contributed by atoms with E-state index in [1.165, 1.54) is 0 Å². The lowest BCUT2D eigenvalue weighted by molar-refractivity contribution is -0.115. The number of nitrogens with zero attached hydrogens (tertiary/aromatic N) is 1. The predicted octanol–water partition coefficient (Wildman–Crippen LogP) is 4.10. The molecule has 0 saturated heterocycles. The van der Waals surface area contributed by atoms with Crippen LogP contribution in [0, 0.1) is 0 Å². The van der Waals surface area contributed by atoms with Crippen LogP contribution >= 0.6 is 11.8 Å². The average molecular weight is 288 g/mol. The third kappa shape index (κ3) is 3.97. The Balaban J connectivity index is 1.98. The van der Waals surface area contributed by atoms with Gasteiger partial charge in [-0.1, -0.05) is 31.5 Å². The molecular formula is C16H20N2OS. The summed E-state index contributed by atoms with van der Waals surface area (Å²) < 4.78 is 0. The maximum Gasteiger partial charge on any atom is 0.237 e. The summed E-state index contributed by atoms with van der Waals surface area (Å²) >= 11 is 1.70. The second kappa shape index (κ2) is 7.29. The number of hydrogen-bond donors (Lipinski definition) is 1. The molecule has 2 aromatic rings. The monoisotopic (exact) mass is 288 g/mol. The van der Waals surface area contributed by atoms with Crippen LogP contribution in [0.5, 0.6) is 0 Å². The number of pyridine rings is 1. The molecule has 1 aromatic heterocycles. The van der Waals surface area contributed by atoms with Crippen molar-refractivity contribution < 1.29 is 4.79 Å². The second-order valence-corrected chi connectivity index (χ2v) is 6.22. The fourth-order valence-electron chi connectivity index (χ4n) is 1.86. The molecule has 1 atom stereocenters. The first-order valence-electron chi connectivity index (χ1n) is 6.98. The molecule has 0 bridgehead atoms. The number of para-hydroxylation sites is 1. The van der Waals surface area contributed by atoms with Gasteiger partial charge in [0.15, 0.2) is 0 Å². The summed E-state index contributed by atoms with van der Waals surface area (Å²) in [5.74, 6) is 1.07. The zero-order valence-electron chi connectivity index (χ0n) is 11.9. The van der Waals surface area contributed by atoms with Crippen LogP contribution in [0.1, 0.15) is 26.7 Å². The van der Waals surface area contributed by atoms with E-state index >= 15 is 0 Å². The summed E-state index contributed by atoms with van der Waals surface area (Å²) in [4.78, 5) is 16.4. The van der Waals surface area contributed by atoms with E-state index in [1.54, 1.807) is 18.0 Å². The number of carbonyl (C=O) groups excluding carboxylic acids is 1. The maximum absolute atomic E-state index is 12.1. The molecule has 4 heteroatoms. The summed E-state index contributed by atoms with van der Waals surface area (Å²) in [7, 11) is 0. The lowest BCUT2D eigenvalue weighted by Gasteiger charge is -2.12. The molecule has 3 nitrogen and oxygen atoms in total. The van der Waals surface area contributed by atoms with Crippen molar-refractivity contribution in [1.82, 2.24) is 4.98 Å². The van der Waals surface area contributed by atoms with Crippen molar-refractivity contribution >= 4 is 34.3 Å². The molecule has 1 N–H and O–H groups in total. The molecule has 0 aliphatic rings. The zero-order valence-corrected chi connectivity index (χ0v) is 12.7. The van der Waals surface area contributed by atoms with E-state index in [0.717, 1.165) is 35.2 Å². The standard InChI is InChI=1S/C16H20N2OS/c1-3-4-9-20-12(2)16(19)18-14-10-13-7-5-6-8-15(13)17-11-14/h5-8,10-12H,3-4,9H2,1-2H3,(H,18,19). The number of thioether (sulfide) groups is 1. The Bertz CT molecular complexity index is 585. The van der Waals surface area contributed by atoms with Crippen LogP contribution in [-0.2, 0) is 4.79 Å². The lowest BCUT2D eigenvalue weighted by atomic mass is 10.2. The van der Waals surface area contributed by atoms with E-state index in [4.69, 9.17) is 0 Å². The molecule has 1 amide bonds. The average Bonchev–Trinajstić information content (AvgIpc) is 2.47. The largest absolute Gasteiger partial charge is 0.324 e. The van der Waals surface area contributed by atoms with Gasteiger partial charge in [0.2, 0.25) is 5.91 Å². The SMILES string of the molecule is CCCCSC(C)C(=O)Nc1cnc2ccccc2c1. The van der Waals surface area contributed by atoms with Crippen LogP contribution in [0.4, 0.5) is 5.69 Å². The van der Waals surface area contributed by atoms with Gasteiger partial charge in [0.05, 0.1) is 22.7 Å². The maximum atomic E-state index is 12.1. The Morgan fingerprint density at radius 2 is 2.20 bits per heavy atom. The van der Waals surface area contributed by atoms with Gasteiger partial charge in [-0.15, -0.1) is 11.8 Å². The van der Waals surface area contributed by atoms with Gasteiger partial charge in [0.25, 0.3) is 0 Å². The van der Waals surface area contributed by atoms with Gasteiger partial charge in [-0.3, -0.25) is 9.78 Å². The molecule has 0 saturated carbocycles. The molecule has 0 aliphatic heterocycles. The fraction of sp³-hybridized carbons (Fsp3) is 0.375. The number of unbranched alkanes of at least 4 members (excludes halogenated alkanes) is 1. The van der Waals surface area contributed by atoms with E-state index in [-0.39, 0.29) is 11.2 Å². The van der Waals surface area contributed by atoms with Crippen molar-refractivity contribution in [1.29, 1.82) is 0 Å². The number of nitrogens with one attached hydrogen (secondary N) is 1. The summed E-state index contributed by atoms with van der Waals surface area (Å²) in [6.07, 6.45) is 4.03.